The van der Waals surface area contributed by atoms with Crippen molar-refractivity contribution in [1.29, 1.82) is 0 Å². The van der Waals surface area contributed by atoms with Crippen LogP contribution >= 0.6 is 0 Å². The summed E-state index contributed by atoms with van der Waals surface area (Å²) in [7, 11) is 0. The molecule has 202 valence electrons. The van der Waals surface area contributed by atoms with Gasteiger partial charge in [0.2, 0.25) is 0 Å². The maximum absolute atomic E-state index is 6.92. The topological polar surface area (TPSA) is 15.7 Å². The van der Waals surface area contributed by atoms with Gasteiger partial charge in [-0.05, 0) is 107 Å². The van der Waals surface area contributed by atoms with Gasteiger partial charge < -0.3 is 14.5 Å². The van der Waals surface area contributed by atoms with E-state index in [4.69, 9.17) is 4.74 Å². The van der Waals surface area contributed by atoms with Crippen molar-refractivity contribution < 1.29 is 4.74 Å². The van der Waals surface area contributed by atoms with Crippen molar-refractivity contribution in [3.8, 4) is 11.5 Å². The average molecular weight is 519 g/mol. The highest BCUT2D eigenvalue weighted by molar-refractivity contribution is 5.67. The summed E-state index contributed by atoms with van der Waals surface area (Å²) < 4.78 is 6.92. The summed E-state index contributed by atoms with van der Waals surface area (Å²) in [5.41, 5.74) is 8.11. The molecule has 0 amide bonds. The lowest BCUT2D eigenvalue weighted by Gasteiger charge is -2.48. The predicted octanol–water partition coefficient (Wildman–Crippen LogP) is 9.10. The van der Waals surface area contributed by atoms with Crippen molar-refractivity contribution >= 4 is 11.4 Å². The minimum Gasteiger partial charge on any atom is -0.457 e. The fraction of sp³-hybridized carbons (Fsp3) is 0.500. The summed E-state index contributed by atoms with van der Waals surface area (Å²) in [5.74, 6) is 2.33. The molecule has 5 aliphatic heterocycles. The number of fused-ring (bicyclic) bond motifs is 6. The first-order valence-electron chi connectivity index (χ1n) is 15.8. The molecule has 0 aliphatic carbocycles. The number of nitrogens with zero attached hydrogens (tertiary/aromatic N) is 2. The lowest BCUT2D eigenvalue weighted by Crippen LogP contribution is -2.50. The largest absolute Gasteiger partial charge is 0.457 e. The molecule has 5 heterocycles. The summed E-state index contributed by atoms with van der Waals surface area (Å²) in [5, 5.41) is 0. The van der Waals surface area contributed by atoms with Crippen LogP contribution in [-0.4, -0.2) is 24.2 Å². The molecule has 0 atom stereocenters. The SMILES string of the molecule is Cc1ccccc1C1c2ccc(N3C4CCCC3CCC4)cc2Oc2cc(N3C4CCCC3CCC4)ccc21. The second kappa shape index (κ2) is 9.61. The zero-order chi connectivity index (χ0) is 25.9. The standard InChI is InChI=1S/C36H42N2O/c1-24-8-2-3-17-31(24)36-32-20-18-29(37-25-9-4-10-26(37)12-5-11-25)22-34(32)39-35-23-30(19-21-33(35)36)38-27-13-6-14-28(38)16-7-15-27/h2-3,8,17-23,25-28,36H,4-7,9-16H2,1H3. The zero-order valence-corrected chi connectivity index (χ0v) is 23.4. The van der Waals surface area contributed by atoms with Crippen molar-refractivity contribution in [3.63, 3.8) is 0 Å². The van der Waals surface area contributed by atoms with E-state index in [-0.39, 0.29) is 5.92 Å². The highest BCUT2D eigenvalue weighted by atomic mass is 16.5. The first-order chi connectivity index (χ1) is 19.2. The average Bonchev–Trinajstić information content (AvgIpc) is 2.95. The van der Waals surface area contributed by atoms with E-state index >= 15 is 0 Å². The Morgan fingerprint density at radius 1 is 0.538 bits per heavy atom. The van der Waals surface area contributed by atoms with Crippen LogP contribution in [-0.2, 0) is 0 Å². The minimum atomic E-state index is 0.203. The van der Waals surface area contributed by atoms with E-state index in [2.05, 4.69) is 77.4 Å². The molecule has 0 N–H and O–H groups in total. The molecule has 3 heteroatoms. The van der Waals surface area contributed by atoms with E-state index in [0.29, 0.717) is 24.2 Å². The minimum absolute atomic E-state index is 0.203. The van der Waals surface area contributed by atoms with Gasteiger partial charge in [0.1, 0.15) is 11.5 Å². The lowest BCUT2D eigenvalue weighted by atomic mass is 9.79. The van der Waals surface area contributed by atoms with Crippen LogP contribution in [0.15, 0.2) is 60.7 Å². The van der Waals surface area contributed by atoms with Gasteiger partial charge in [0, 0.05) is 64.7 Å². The van der Waals surface area contributed by atoms with Crippen molar-refractivity contribution in [2.24, 2.45) is 0 Å². The molecule has 4 bridgehead atoms. The van der Waals surface area contributed by atoms with E-state index in [9.17, 15) is 0 Å². The molecule has 0 aromatic heterocycles. The van der Waals surface area contributed by atoms with Crippen LogP contribution < -0.4 is 14.5 Å². The number of piperidine rings is 4. The zero-order valence-electron chi connectivity index (χ0n) is 23.4. The van der Waals surface area contributed by atoms with Crippen LogP contribution in [0.5, 0.6) is 11.5 Å². The van der Waals surface area contributed by atoms with Crippen molar-refractivity contribution in [2.45, 2.75) is 114 Å². The number of benzene rings is 3. The highest BCUT2D eigenvalue weighted by Crippen LogP contribution is 2.51. The predicted molar refractivity (Wildman–Crippen MR) is 161 cm³/mol. The van der Waals surface area contributed by atoms with E-state index in [1.165, 1.54) is 111 Å². The molecule has 39 heavy (non-hydrogen) atoms. The maximum atomic E-state index is 6.92. The molecule has 0 radical (unpaired) electrons. The highest BCUT2D eigenvalue weighted by Gasteiger charge is 2.38. The monoisotopic (exact) mass is 518 g/mol. The normalized spacial score (nSPS) is 29.3. The number of aryl methyl sites for hydroxylation is 1. The molecule has 0 unspecified atom stereocenters. The molecular weight excluding hydrogens is 476 g/mol. The Balaban J connectivity index is 1.23. The quantitative estimate of drug-likeness (QED) is 0.269. The van der Waals surface area contributed by atoms with E-state index < -0.39 is 0 Å². The van der Waals surface area contributed by atoms with Gasteiger partial charge in [-0.25, -0.2) is 0 Å². The van der Waals surface area contributed by atoms with E-state index in [1.54, 1.807) is 0 Å². The Bertz CT molecular complexity index is 1250. The Kier molecular flexibility index (Phi) is 5.89. The number of anilines is 2. The molecular formula is C36H42N2O. The first kappa shape index (κ1) is 23.9. The van der Waals surface area contributed by atoms with Gasteiger partial charge in [0.15, 0.2) is 0 Å². The van der Waals surface area contributed by atoms with Crippen molar-refractivity contribution in [3.05, 3.63) is 82.9 Å². The second-order valence-corrected chi connectivity index (χ2v) is 13.0. The fourth-order valence-electron chi connectivity index (χ4n) is 9.04. The van der Waals surface area contributed by atoms with Gasteiger partial charge >= 0.3 is 0 Å². The molecule has 8 rings (SSSR count). The van der Waals surface area contributed by atoms with Gasteiger partial charge in [0.25, 0.3) is 0 Å². The van der Waals surface area contributed by atoms with Gasteiger partial charge in [-0.15, -0.1) is 0 Å². The van der Waals surface area contributed by atoms with E-state index in [1.807, 2.05) is 0 Å². The third-order valence-corrected chi connectivity index (χ3v) is 10.8. The summed E-state index contributed by atoms with van der Waals surface area (Å²) in [4.78, 5) is 5.53. The third-order valence-electron chi connectivity index (χ3n) is 10.8. The van der Waals surface area contributed by atoms with Crippen LogP contribution in [0, 0.1) is 6.92 Å². The Morgan fingerprint density at radius 2 is 0.974 bits per heavy atom. The second-order valence-electron chi connectivity index (χ2n) is 13.0. The van der Waals surface area contributed by atoms with Crippen molar-refractivity contribution in [2.75, 3.05) is 9.80 Å². The Morgan fingerprint density at radius 3 is 1.41 bits per heavy atom. The van der Waals surface area contributed by atoms with Gasteiger partial charge in [-0.1, -0.05) is 36.4 Å². The number of rotatable bonds is 3. The molecule has 4 saturated heterocycles. The number of ether oxygens (including phenoxy) is 1. The molecule has 0 spiro atoms. The molecule has 3 nitrogen and oxygen atoms in total. The van der Waals surface area contributed by atoms with Gasteiger partial charge in [-0.2, -0.15) is 0 Å². The van der Waals surface area contributed by atoms with E-state index in [0.717, 1.165) is 11.5 Å². The molecule has 0 saturated carbocycles. The Labute approximate surface area is 234 Å². The number of hydrogen-bond donors (Lipinski definition) is 0. The molecule has 4 fully saturated rings. The van der Waals surface area contributed by atoms with Gasteiger partial charge in [-0.3, -0.25) is 0 Å². The summed E-state index contributed by atoms with van der Waals surface area (Å²) >= 11 is 0. The molecule has 3 aromatic carbocycles. The fourth-order valence-corrected chi connectivity index (χ4v) is 9.04. The van der Waals surface area contributed by atoms with Crippen molar-refractivity contribution in [1.82, 2.24) is 0 Å². The lowest BCUT2D eigenvalue weighted by molar-refractivity contribution is 0.296. The summed E-state index contributed by atoms with van der Waals surface area (Å²) in [6.07, 6.45) is 16.2. The van der Waals surface area contributed by atoms with Crippen LogP contribution in [0.2, 0.25) is 0 Å². The number of hydrogen-bond acceptors (Lipinski definition) is 3. The first-order valence-corrected chi connectivity index (χ1v) is 15.8. The maximum Gasteiger partial charge on any atom is 0.133 e. The van der Waals surface area contributed by atoms with Crippen LogP contribution in [0.3, 0.4) is 0 Å². The van der Waals surface area contributed by atoms with Gasteiger partial charge in [0.05, 0.1) is 0 Å². The molecule has 3 aromatic rings. The summed E-state index contributed by atoms with van der Waals surface area (Å²) in [6, 6.07) is 26.1. The van der Waals surface area contributed by atoms with Crippen LogP contribution in [0.4, 0.5) is 11.4 Å². The Hall–Kier alpha value is -2.94. The van der Waals surface area contributed by atoms with Crippen LogP contribution in [0.25, 0.3) is 0 Å². The molecule has 5 aliphatic rings. The van der Waals surface area contributed by atoms with Crippen LogP contribution in [0.1, 0.15) is 105 Å². The third kappa shape index (κ3) is 3.99. The smallest absolute Gasteiger partial charge is 0.133 e. The summed E-state index contributed by atoms with van der Waals surface area (Å²) in [6.45, 7) is 2.26.